The summed E-state index contributed by atoms with van der Waals surface area (Å²) in [6, 6.07) is 1.13. The number of halogens is 3. The lowest BCUT2D eigenvalue weighted by Crippen LogP contribution is -2.48. The number of alkyl halides is 3. The van der Waals surface area contributed by atoms with Gasteiger partial charge < -0.3 is 5.32 Å². The molecule has 0 aliphatic heterocycles. The second-order valence-corrected chi connectivity index (χ2v) is 8.62. The van der Waals surface area contributed by atoms with Crippen molar-refractivity contribution in [2.45, 2.75) is 35.6 Å². The SMILES string of the molecule is O=C(N[C@H](n1ccc(=O)[nH]c1=O)C(Cl)(Cl)Cl)[C@@H]1C[C@H]2CC[C@H]1C2. The largest absolute Gasteiger partial charge is 0.332 e. The Morgan fingerprint density at radius 1 is 1.30 bits per heavy atom. The third-order valence-electron chi connectivity index (χ3n) is 4.79. The number of H-pyrrole nitrogens is 1. The molecule has 2 N–H and O–H groups in total. The zero-order chi connectivity index (χ0) is 16.8. The molecule has 1 aromatic rings. The molecule has 1 aromatic heterocycles. The molecule has 2 bridgehead atoms. The molecule has 2 aliphatic rings. The minimum absolute atomic E-state index is 0.109. The van der Waals surface area contributed by atoms with Gasteiger partial charge in [0.15, 0.2) is 6.17 Å². The van der Waals surface area contributed by atoms with Crippen LogP contribution in [-0.4, -0.2) is 19.3 Å². The molecule has 126 valence electrons. The van der Waals surface area contributed by atoms with Gasteiger partial charge in [0, 0.05) is 18.2 Å². The van der Waals surface area contributed by atoms with Crippen LogP contribution in [0.3, 0.4) is 0 Å². The number of hydrogen-bond acceptors (Lipinski definition) is 3. The van der Waals surface area contributed by atoms with Crippen LogP contribution >= 0.6 is 34.8 Å². The van der Waals surface area contributed by atoms with Gasteiger partial charge in [0.2, 0.25) is 9.70 Å². The van der Waals surface area contributed by atoms with E-state index in [9.17, 15) is 14.4 Å². The standard InChI is InChI=1S/C14H16Cl3N3O3/c15-14(16,17)12(20-4-3-10(21)18-13(20)23)19-11(22)9-6-7-1-2-8(9)5-7/h3-4,7-9,12H,1-2,5-6H2,(H,19,22)(H,18,21,23)/t7-,8-,9+,12+/m0/s1. The third-order valence-corrected chi connectivity index (χ3v) is 5.41. The number of amides is 1. The van der Waals surface area contributed by atoms with Gasteiger partial charge in [-0.3, -0.25) is 19.1 Å². The maximum atomic E-state index is 12.6. The van der Waals surface area contributed by atoms with Crippen LogP contribution in [0.25, 0.3) is 0 Å². The molecule has 0 unspecified atom stereocenters. The summed E-state index contributed by atoms with van der Waals surface area (Å²) in [5, 5.41) is 2.67. The summed E-state index contributed by atoms with van der Waals surface area (Å²) < 4.78 is -0.922. The molecule has 4 atom stereocenters. The molecule has 23 heavy (non-hydrogen) atoms. The molecular weight excluding hydrogens is 365 g/mol. The number of hydrogen-bond donors (Lipinski definition) is 2. The van der Waals surface area contributed by atoms with Crippen molar-refractivity contribution in [2.75, 3.05) is 0 Å². The number of aromatic amines is 1. The van der Waals surface area contributed by atoms with Crippen molar-refractivity contribution in [3.8, 4) is 0 Å². The second-order valence-electron chi connectivity index (χ2n) is 6.25. The van der Waals surface area contributed by atoms with Gasteiger partial charge in [-0.05, 0) is 31.1 Å². The number of nitrogens with zero attached hydrogens (tertiary/aromatic N) is 1. The van der Waals surface area contributed by atoms with Crippen LogP contribution in [0.1, 0.15) is 31.8 Å². The van der Waals surface area contributed by atoms with Crippen LogP contribution in [0.15, 0.2) is 21.9 Å². The average Bonchev–Trinajstić information content (AvgIpc) is 3.06. The van der Waals surface area contributed by atoms with Gasteiger partial charge in [-0.2, -0.15) is 0 Å². The fraction of sp³-hybridized carbons (Fsp3) is 0.643. The second kappa shape index (κ2) is 6.15. The molecule has 0 saturated heterocycles. The molecule has 2 fully saturated rings. The number of nitrogens with one attached hydrogen (secondary N) is 2. The molecule has 0 aromatic carbocycles. The first-order valence-corrected chi connectivity index (χ1v) is 8.57. The Kier molecular flexibility index (Phi) is 4.51. The van der Waals surface area contributed by atoms with Crippen molar-refractivity contribution in [3.63, 3.8) is 0 Å². The van der Waals surface area contributed by atoms with E-state index in [4.69, 9.17) is 34.8 Å². The van der Waals surface area contributed by atoms with E-state index < -0.39 is 21.2 Å². The Morgan fingerprint density at radius 2 is 2.04 bits per heavy atom. The molecule has 2 saturated carbocycles. The summed E-state index contributed by atoms with van der Waals surface area (Å²) in [6.07, 6.45) is 4.12. The molecule has 0 spiro atoms. The Bertz CT molecular complexity index is 724. The summed E-state index contributed by atoms with van der Waals surface area (Å²) in [4.78, 5) is 37.8. The highest BCUT2D eigenvalue weighted by molar-refractivity contribution is 6.67. The number of fused-ring (bicyclic) bond motifs is 2. The Morgan fingerprint density at radius 3 is 2.57 bits per heavy atom. The number of aromatic nitrogens is 2. The van der Waals surface area contributed by atoms with Crippen LogP contribution in [0.2, 0.25) is 0 Å². The molecule has 9 heteroatoms. The van der Waals surface area contributed by atoms with Crippen LogP contribution < -0.4 is 16.6 Å². The topological polar surface area (TPSA) is 84.0 Å². The van der Waals surface area contributed by atoms with E-state index in [0.29, 0.717) is 11.8 Å². The summed E-state index contributed by atoms with van der Waals surface area (Å²) >= 11 is 17.8. The quantitative estimate of drug-likeness (QED) is 0.786. The highest BCUT2D eigenvalue weighted by atomic mass is 35.6. The van der Waals surface area contributed by atoms with Crippen LogP contribution in [0.4, 0.5) is 0 Å². The van der Waals surface area contributed by atoms with Gasteiger partial charge in [-0.15, -0.1) is 0 Å². The first-order chi connectivity index (χ1) is 10.8. The van der Waals surface area contributed by atoms with Gasteiger partial charge >= 0.3 is 5.69 Å². The van der Waals surface area contributed by atoms with Crippen molar-refractivity contribution in [3.05, 3.63) is 33.1 Å². The number of rotatable bonds is 3. The van der Waals surface area contributed by atoms with E-state index in [1.165, 1.54) is 12.6 Å². The molecule has 1 heterocycles. The fourth-order valence-corrected chi connectivity index (χ4v) is 4.23. The molecule has 1 amide bonds. The molecule has 0 radical (unpaired) electrons. The van der Waals surface area contributed by atoms with Gasteiger partial charge in [0.05, 0.1) is 0 Å². The van der Waals surface area contributed by atoms with Gasteiger partial charge in [-0.25, -0.2) is 4.79 Å². The lowest BCUT2D eigenvalue weighted by atomic mass is 9.88. The Labute approximate surface area is 147 Å². The molecule has 6 nitrogen and oxygen atoms in total. The summed E-state index contributed by atoms with van der Waals surface area (Å²) in [5.41, 5.74) is -1.31. The Balaban J connectivity index is 1.84. The van der Waals surface area contributed by atoms with E-state index in [-0.39, 0.29) is 11.8 Å². The van der Waals surface area contributed by atoms with Gasteiger partial charge in [0.25, 0.3) is 5.56 Å². The summed E-state index contributed by atoms with van der Waals surface area (Å²) in [6.45, 7) is 0. The monoisotopic (exact) mass is 379 g/mol. The molecule has 2 aliphatic carbocycles. The maximum absolute atomic E-state index is 12.6. The van der Waals surface area contributed by atoms with E-state index in [2.05, 4.69) is 10.3 Å². The number of carbonyl (C=O) groups excluding carboxylic acids is 1. The first-order valence-electron chi connectivity index (χ1n) is 7.44. The van der Waals surface area contributed by atoms with E-state index in [1.807, 2.05) is 0 Å². The lowest BCUT2D eigenvalue weighted by Gasteiger charge is -2.29. The third kappa shape index (κ3) is 3.44. The van der Waals surface area contributed by atoms with Crippen LogP contribution in [-0.2, 0) is 4.79 Å². The molecular formula is C14H16Cl3N3O3. The van der Waals surface area contributed by atoms with Crippen LogP contribution in [0, 0.1) is 17.8 Å². The predicted octanol–water partition coefficient (Wildman–Crippen LogP) is 1.96. The van der Waals surface area contributed by atoms with Gasteiger partial charge in [-0.1, -0.05) is 41.2 Å². The lowest BCUT2D eigenvalue weighted by molar-refractivity contribution is -0.127. The maximum Gasteiger partial charge on any atom is 0.330 e. The zero-order valence-corrected chi connectivity index (χ0v) is 14.4. The first kappa shape index (κ1) is 16.9. The highest BCUT2D eigenvalue weighted by Gasteiger charge is 2.45. The van der Waals surface area contributed by atoms with E-state index in [1.54, 1.807) is 0 Å². The van der Waals surface area contributed by atoms with Crippen molar-refractivity contribution >= 4 is 40.7 Å². The van der Waals surface area contributed by atoms with Crippen molar-refractivity contribution in [1.82, 2.24) is 14.9 Å². The number of carbonyl (C=O) groups is 1. The smallest absolute Gasteiger partial charge is 0.330 e. The summed E-state index contributed by atoms with van der Waals surface area (Å²) in [7, 11) is 0. The normalized spacial score (nSPS) is 27.9. The summed E-state index contributed by atoms with van der Waals surface area (Å²) in [5.74, 6) is 0.634. The minimum atomic E-state index is -1.94. The van der Waals surface area contributed by atoms with Crippen molar-refractivity contribution in [1.29, 1.82) is 0 Å². The van der Waals surface area contributed by atoms with E-state index >= 15 is 0 Å². The van der Waals surface area contributed by atoms with Crippen LogP contribution in [0.5, 0.6) is 0 Å². The minimum Gasteiger partial charge on any atom is -0.332 e. The Hall–Kier alpha value is -0.980. The van der Waals surface area contributed by atoms with Gasteiger partial charge in [0.1, 0.15) is 0 Å². The zero-order valence-electron chi connectivity index (χ0n) is 12.1. The molecule has 3 rings (SSSR count). The average molecular weight is 381 g/mol. The highest BCUT2D eigenvalue weighted by Crippen LogP contribution is 2.48. The van der Waals surface area contributed by atoms with E-state index in [0.717, 1.165) is 29.9 Å². The van der Waals surface area contributed by atoms with Crippen molar-refractivity contribution in [2.24, 2.45) is 17.8 Å². The van der Waals surface area contributed by atoms with Crippen molar-refractivity contribution < 1.29 is 4.79 Å². The fourth-order valence-electron chi connectivity index (χ4n) is 3.75. The predicted molar refractivity (Wildman–Crippen MR) is 87.7 cm³/mol.